The molecule has 104 valence electrons. The highest BCUT2D eigenvalue weighted by molar-refractivity contribution is 7.89. The smallest absolute Gasteiger partial charge is 0.246 e. The molecular weight excluding hydrogens is 267 g/mol. The summed E-state index contributed by atoms with van der Waals surface area (Å²) in [6.07, 6.45) is 2.86. The van der Waals surface area contributed by atoms with Crippen molar-refractivity contribution < 1.29 is 12.8 Å². The van der Waals surface area contributed by atoms with Gasteiger partial charge in [-0.25, -0.2) is 12.8 Å². The fourth-order valence-corrected chi connectivity index (χ4v) is 3.20. The molecule has 0 aliphatic carbocycles. The summed E-state index contributed by atoms with van der Waals surface area (Å²) >= 11 is 0. The Morgan fingerprint density at radius 2 is 1.84 bits per heavy atom. The van der Waals surface area contributed by atoms with Crippen molar-refractivity contribution in [1.29, 1.82) is 0 Å². The number of anilines is 1. The van der Waals surface area contributed by atoms with Crippen LogP contribution in [0.25, 0.3) is 0 Å². The molecule has 6 heteroatoms. The summed E-state index contributed by atoms with van der Waals surface area (Å²) in [4.78, 5) is -0.422. The lowest BCUT2D eigenvalue weighted by Gasteiger charge is -2.20. The first-order valence-corrected chi connectivity index (χ1v) is 7.06. The zero-order chi connectivity index (χ0) is 14.6. The van der Waals surface area contributed by atoms with Crippen LogP contribution >= 0.6 is 0 Å². The summed E-state index contributed by atoms with van der Waals surface area (Å²) in [6.45, 7) is 8.59. The Kier molecular flexibility index (Phi) is 4.85. The Labute approximate surface area is 113 Å². The maximum absolute atomic E-state index is 14.0. The van der Waals surface area contributed by atoms with Gasteiger partial charge in [-0.15, -0.1) is 13.2 Å². The third-order valence-corrected chi connectivity index (χ3v) is 4.36. The van der Waals surface area contributed by atoms with E-state index in [1.165, 1.54) is 25.1 Å². The number of nitrogens with two attached hydrogens (primary N) is 1. The number of rotatable bonds is 6. The van der Waals surface area contributed by atoms with Gasteiger partial charge in [-0.2, -0.15) is 4.31 Å². The first kappa shape index (κ1) is 15.4. The zero-order valence-corrected chi connectivity index (χ0v) is 11.6. The number of nitrogen functional groups attached to an aromatic ring is 1. The highest BCUT2D eigenvalue weighted by atomic mass is 32.2. The van der Waals surface area contributed by atoms with Crippen molar-refractivity contribution in [3.8, 4) is 0 Å². The van der Waals surface area contributed by atoms with Gasteiger partial charge in [-0.05, 0) is 24.6 Å². The van der Waals surface area contributed by atoms with Crippen LogP contribution in [0, 0.1) is 12.7 Å². The highest BCUT2D eigenvalue weighted by Crippen LogP contribution is 2.24. The lowest BCUT2D eigenvalue weighted by atomic mass is 10.2. The number of benzene rings is 1. The second-order valence-electron chi connectivity index (χ2n) is 4.05. The van der Waals surface area contributed by atoms with Gasteiger partial charge in [0, 0.05) is 18.8 Å². The molecule has 2 N–H and O–H groups in total. The van der Waals surface area contributed by atoms with Gasteiger partial charge in [0.1, 0.15) is 10.7 Å². The van der Waals surface area contributed by atoms with E-state index in [0.29, 0.717) is 0 Å². The minimum atomic E-state index is -3.97. The second kappa shape index (κ2) is 5.99. The summed E-state index contributed by atoms with van der Waals surface area (Å²) in [5.74, 6) is -0.785. The van der Waals surface area contributed by atoms with Crippen molar-refractivity contribution in [2.24, 2.45) is 0 Å². The Morgan fingerprint density at radius 3 is 2.32 bits per heavy atom. The number of hydrogen-bond donors (Lipinski definition) is 1. The number of hydrogen-bond acceptors (Lipinski definition) is 3. The minimum absolute atomic E-state index is 0.0711. The molecule has 0 bridgehead atoms. The predicted octanol–water partition coefficient (Wildman–Crippen LogP) is 2.08. The van der Waals surface area contributed by atoms with Crippen LogP contribution in [0.5, 0.6) is 0 Å². The highest BCUT2D eigenvalue weighted by Gasteiger charge is 2.27. The predicted molar refractivity (Wildman–Crippen MR) is 74.7 cm³/mol. The number of sulfonamides is 1. The molecule has 0 aliphatic rings. The van der Waals surface area contributed by atoms with Crippen LogP contribution < -0.4 is 5.73 Å². The largest absolute Gasteiger partial charge is 0.399 e. The molecule has 0 spiro atoms. The van der Waals surface area contributed by atoms with Gasteiger partial charge < -0.3 is 5.73 Å². The van der Waals surface area contributed by atoms with Crippen molar-refractivity contribution in [2.75, 3.05) is 18.8 Å². The second-order valence-corrected chi connectivity index (χ2v) is 5.96. The molecule has 0 amide bonds. The molecule has 0 unspecified atom stereocenters. The molecule has 1 aromatic carbocycles. The molecule has 0 fully saturated rings. The standard InChI is InChI=1S/C13H17FN2O2S/c1-4-6-16(7-5-2)19(17,18)12-9-11(15)8-10(3)13(12)14/h4-5,8-9H,1-2,6-7,15H2,3H3. The van der Waals surface area contributed by atoms with Crippen molar-refractivity contribution in [3.63, 3.8) is 0 Å². The van der Waals surface area contributed by atoms with E-state index in [1.54, 1.807) is 0 Å². The lowest BCUT2D eigenvalue weighted by molar-refractivity contribution is 0.466. The molecule has 0 atom stereocenters. The molecule has 1 rings (SSSR count). The quantitative estimate of drug-likeness (QED) is 0.642. The first-order valence-electron chi connectivity index (χ1n) is 5.62. The summed E-state index contributed by atoms with van der Waals surface area (Å²) in [7, 11) is -3.97. The molecular formula is C13H17FN2O2S. The molecule has 0 saturated heterocycles. The van der Waals surface area contributed by atoms with Crippen LogP contribution in [0.4, 0.5) is 10.1 Å². The van der Waals surface area contributed by atoms with Gasteiger partial charge in [0.05, 0.1) is 0 Å². The zero-order valence-electron chi connectivity index (χ0n) is 10.8. The Hall–Kier alpha value is -1.66. The van der Waals surface area contributed by atoms with Gasteiger partial charge in [0.25, 0.3) is 0 Å². The van der Waals surface area contributed by atoms with Gasteiger partial charge in [0.2, 0.25) is 10.0 Å². The SMILES string of the molecule is C=CCN(CC=C)S(=O)(=O)c1cc(N)cc(C)c1F. The minimum Gasteiger partial charge on any atom is -0.399 e. The van der Waals surface area contributed by atoms with Crippen molar-refractivity contribution in [1.82, 2.24) is 4.31 Å². The number of nitrogens with zero attached hydrogens (tertiary/aromatic N) is 1. The van der Waals surface area contributed by atoms with Crippen molar-refractivity contribution in [2.45, 2.75) is 11.8 Å². The third-order valence-electron chi connectivity index (χ3n) is 2.53. The topological polar surface area (TPSA) is 63.4 Å². The average Bonchev–Trinajstić information content (AvgIpc) is 2.33. The van der Waals surface area contributed by atoms with Crippen molar-refractivity contribution in [3.05, 3.63) is 48.8 Å². The Balaban J connectivity index is 3.40. The Morgan fingerprint density at radius 1 is 1.32 bits per heavy atom. The molecule has 0 heterocycles. The van der Waals surface area contributed by atoms with Crippen molar-refractivity contribution >= 4 is 15.7 Å². The van der Waals surface area contributed by atoms with Crippen LogP contribution in [0.1, 0.15) is 5.56 Å². The molecule has 0 aliphatic heterocycles. The van der Waals surface area contributed by atoms with E-state index in [2.05, 4.69) is 13.2 Å². The van der Waals surface area contributed by atoms with Crippen LogP contribution in [-0.4, -0.2) is 25.8 Å². The monoisotopic (exact) mass is 284 g/mol. The summed E-state index contributed by atoms with van der Waals surface area (Å²) in [5, 5.41) is 0. The maximum Gasteiger partial charge on any atom is 0.246 e. The van der Waals surface area contributed by atoms with E-state index in [9.17, 15) is 12.8 Å². The van der Waals surface area contributed by atoms with E-state index in [1.807, 2.05) is 0 Å². The van der Waals surface area contributed by atoms with Crippen LogP contribution in [0.15, 0.2) is 42.3 Å². The van der Waals surface area contributed by atoms with E-state index >= 15 is 0 Å². The van der Waals surface area contributed by atoms with Gasteiger partial charge in [0.15, 0.2) is 0 Å². The average molecular weight is 284 g/mol. The molecule has 1 aromatic rings. The normalized spacial score (nSPS) is 11.5. The molecule has 4 nitrogen and oxygen atoms in total. The van der Waals surface area contributed by atoms with E-state index in [4.69, 9.17) is 5.73 Å². The molecule has 0 radical (unpaired) electrons. The molecule has 0 saturated carbocycles. The summed E-state index contributed by atoms with van der Waals surface area (Å²) in [5.41, 5.74) is 5.98. The Bertz CT molecular complexity index is 587. The van der Waals surface area contributed by atoms with Gasteiger partial charge >= 0.3 is 0 Å². The number of aryl methyl sites for hydroxylation is 1. The fraction of sp³-hybridized carbons (Fsp3) is 0.231. The van der Waals surface area contributed by atoms with Crippen LogP contribution in [0.3, 0.4) is 0 Å². The maximum atomic E-state index is 14.0. The summed E-state index contributed by atoms with van der Waals surface area (Å²) in [6, 6.07) is 2.51. The van der Waals surface area contributed by atoms with E-state index < -0.39 is 20.7 Å². The van der Waals surface area contributed by atoms with E-state index in [-0.39, 0.29) is 24.3 Å². The van der Waals surface area contributed by atoms with Crippen LogP contribution in [-0.2, 0) is 10.0 Å². The van der Waals surface area contributed by atoms with Gasteiger partial charge in [-0.1, -0.05) is 12.2 Å². The first-order chi connectivity index (χ1) is 8.84. The lowest BCUT2D eigenvalue weighted by Crippen LogP contribution is -2.32. The third kappa shape index (κ3) is 3.21. The van der Waals surface area contributed by atoms with Gasteiger partial charge in [-0.3, -0.25) is 0 Å². The summed E-state index contributed by atoms with van der Waals surface area (Å²) < 4.78 is 39.8. The van der Waals surface area contributed by atoms with E-state index in [0.717, 1.165) is 10.4 Å². The molecule has 0 aromatic heterocycles. The van der Waals surface area contributed by atoms with Crippen LogP contribution in [0.2, 0.25) is 0 Å². The fourth-order valence-electron chi connectivity index (χ4n) is 1.65. The number of halogens is 1. The molecule has 19 heavy (non-hydrogen) atoms.